The topological polar surface area (TPSA) is 80.7 Å². The molecule has 3 rings (SSSR count). The zero-order valence-corrected chi connectivity index (χ0v) is 16.0. The van der Waals surface area contributed by atoms with Gasteiger partial charge in [0, 0.05) is 51.3 Å². The van der Waals surface area contributed by atoms with E-state index in [1.54, 1.807) is 24.4 Å². The molecule has 0 N–H and O–H groups in total. The van der Waals surface area contributed by atoms with Crippen molar-refractivity contribution < 1.29 is 14.3 Å². The quantitative estimate of drug-likeness (QED) is 0.676. The maximum absolute atomic E-state index is 12.4. The molecule has 0 saturated carbocycles. The van der Waals surface area contributed by atoms with Gasteiger partial charge in [-0.3, -0.25) is 9.78 Å². The summed E-state index contributed by atoms with van der Waals surface area (Å²) in [5, 5.41) is 0. The van der Waals surface area contributed by atoms with Crippen LogP contribution >= 0.6 is 0 Å². The van der Waals surface area contributed by atoms with Crippen molar-refractivity contribution in [1.29, 1.82) is 0 Å². The molecule has 1 aliphatic rings. The third kappa shape index (κ3) is 4.58. The molecular weight excluding hydrogens is 346 g/mol. The van der Waals surface area contributed by atoms with Crippen molar-refractivity contribution in [2.24, 2.45) is 0 Å². The van der Waals surface area contributed by atoms with Crippen molar-refractivity contribution in [1.82, 2.24) is 19.9 Å². The fourth-order valence-corrected chi connectivity index (χ4v) is 3.01. The Kier molecular flexibility index (Phi) is 6.31. The number of fused-ring (bicyclic) bond motifs is 1. The lowest BCUT2D eigenvalue weighted by molar-refractivity contribution is -0.137. The molecule has 8 heteroatoms. The summed E-state index contributed by atoms with van der Waals surface area (Å²) >= 11 is 0. The molecular formula is C19H25N5O3. The Morgan fingerprint density at radius 3 is 2.85 bits per heavy atom. The summed E-state index contributed by atoms with van der Waals surface area (Å²) in [7, 11) is 5.54. The number of hydrogen-bond donors (Lipinski definition) is 0. The molecule has 27 heavy (non-hydrogen) atoms. The number of carbonyl (C=O) groups excluding carboxylic acids is 1. The summed E-state index contributed by atoms with van der Waals surface area (Å²) in [6.07, 6.45) is 4.19. The zero-order valence-electron chi connectivity index (χ0n) is 16.0. The predicted octanol–water partition coefficient (Wildman–Crippen LogP) is 1.15. The summed E-state index contributed by atoms with van der Waals surface area (Å²) in [5.74, 6) is 1.48. The highest BCUT2D eigenvalue weighted by molar-refractivity contribution is 5.78. The first kappa shape index (κ1) is 19.2. The SMILES string of the molecule is COCCOCC(=O)N1CCc2c(nc(-c3cccnc3)nc2N(C)C)C1. The lowest BCUT2D eigenvalue weighted by Gasteiger charge is -2.30. The van der Waals surface area contributed by atoms with Gasteiger partial charge in [0.05, 0.1) is 25.5 Å². The van der Waals surface area contributed by atoms with Crippen LogP contribution < -0.4 is 4.90 Å². The first-order chi connectivity index (χ1) is 13.1. The highest BCUT2D eigenvalue weighted by atomic mass is 16.5. The molecule has 1 amide bonds. The second kappa shape index (κ2) is 8.88. The highest BCUT2D eigenvalue weighted by Gasteiger charge is 2.26. The maximum Gasteiger partial charge on any atom is 0.248 e. The predicted molar refractivity (Wildman–Crippen MR) is 101 cm³/mol. The fourth-order valence-electron chi connectivity index (χ4n) is 3.01. The van der Waals surface area contributed by atoms with E-state index in [1.807, 2.05) is 31.1 Å². The van der Waals surface area contributed by atoms with Crippen molar-refractivity contribution >= 4 is 11.7 Å². The number of methoxy groups -OCH3 is 1. The van der Waals surface area contributed by atoms with Crippen molar-refractivity contribution in [3.8, 4) is 11.4 Å². The monoisotopic (exact) mass is 371 g/mol. The van der Waals surface area contributed by atoms with Gasteiger partial charge in [-0.25, -0.2) is 9.97 Å². The van der Waals surface area contributed by atoms with Gasteiger partial charge < -0.3 is 19.3 Å². The van der Waals surface area contributed by atoms with E-state index in [9.17, 15) is 4.79 Å². The van der Waals surface area contributed by atoms with Crippen LogP contribution in [-0.4, -0.2) is 73.3 Å². The van der Waals surface area contributed by atoms with Crippen LogP contribution in [0.15, 0.2) is 24.5 Å². The number of anilines is 1. The summed E-state index contributed by atoms with van der Waals surface area (Å²) in [5.41, 5.74) is 2.83. The first-order valence-electron chi connectivity index (χ1n) is 8.92. The third-order valence-electron chi connectivity index (χ3n) is 4.40. The number of ether oxygens (including phenoxy) is 2. The maximum atomic E-state index is 12.4. The van der Waals surface area contributed by atoms with Gasteiger partial charge in [-0.05, 0) is 18.6 Å². The van der Waals surface area contributed by atoms with Crippen molar-refractivity contribution in [3.63, 3.8) is 0 Å². The summed E-state index contributed by atoms with van der Waals surface area (Å²) < 4.78 is 10.3. The van der Waals surface area contributed by atoms with E-state index in [-0.39, 0.29) is 12.5 Å². The molecule has 0 radical (unpaired) electrons. The minimum Gasteiger partial charge on any atom is -0.382 e. The van der Waals surface area contributed by atoms with E-state index >= 15 is 0 Å². The second-order valence-corrected chi connectivity index (χ2v) is 6.54. The van der Waals surface area contributed by atoms with Gasteiger partial charge in [0.2, 0.25) is 5.91 Å². The second-order valence-electron chi connectivity index (χ2n) is 6.54. The molecule has 0 fully saturated rings. The normalized spacial score (nSPS) is 13.4. The van der Waals surface area contributed by atoms with Gasteiger partial charge in [-0.2, -0.15) is 0 Å². The van der Waals surface area contributed by atoms with Crippen LogP contribution in [0.3, 0.4) is 0 Å². The number of amides is 1. The Balaban J connectivity index is 1.82. The van der Waals surface area contributed by atoms with Crippen molar-refractivity contribution in [3.05, 3.63) is 35.8 Å². The van der Waals surface area contributed by atoms with Gasteiger partial charge >= 0.3 is 0 Å². The van der Waals surface area contributed by atoms with E-state index in [0.29, 0.717) is 32.1 Å². The van der Waals surface area contributed by atoms with Crippen LogP contribution in [0.2, 0.25) is 0 Å². The first-order valence-corrected chi connectivity index (χ1v) is 8.92. The number of pyridine rings is 1. The molecule has 1 aliphatic heterocycles. The largest absolute Gasteiger partial charge is 0.382 e. The summed E-state index contributed by atoms with van der Waals surface area (Å²) in [6.45, 7) is 2.03. The Morgan fingerprint density at radius 1 is 1.30 bits per heavy atom. The lowest BCUT2D eigenvalue weighted by Crippen LogP contribution is -2.39. The molecule has 144 valence electrons. The van der Waals surface area contributed by atoms with Crippen molar-refractivity contribution in [2.45, 2.75) is 13.0 Å². The Bertz CT molecular complexity index is 782. The van der Waals surface area contributed by atoms with E-state index < -0.39 is 0 Å². The third-order valence-corrected chi connectivity index (χ3v) is 4.40. The number of aromatic nitrogens is 3. The Labute approximate surface area is 159 Å². The highest BCUT2D eigenvalue weighted by Crippen LogP contribution is 2.28. The molecule has 0 aromatic carbocycles. The molecule has 0 spiro atoms. The Hall–Kier alpha value is -2.58. The van der Waals surface area contributed by atoms with Crippen LogP contribution in [0.5, 0.6) is 0 Å². The van der Waals surface area contributed by atoms with Crippen LogP contribution in [0.4, 0.5) is 5.82 Å². The van der Waals surface area contributed by atoms with Gasteiger partial charge in [0.1, 0.15) is 12.4 Å². The van der Waals surface area contributed by atoms with Gasteiger partial charge in [-0.15, -0.1) is 0 Å². The average Bonchev–Trinajstić information content (AvgIpc) is 2.70. The summed E-state index contributed by atoms with van der Waals surface area (Å²) in [6, 6.07) is 3.80. The van der Waals surface area contributed by atoms with E-state index in [2.05, 4.69) is 4.98 Å². The minimum absolute atomic E-state index is 0.0373. The average molecular weight is 371 g/mol. The zero-order chi connectivity index (χ0) is 19.2. The van der Waals surface area contributed by atoms with Gasteiger partial charge in [-0.1, -0.05) is 0 Å². The minimum atomic E-state index is -0.0373. The lowest BCUT2D eigenvalue weighted by atomic mass is 10.0. The van der Waals surface area contributed by atoms with E-state index in [0.717, 1.165) is 29.1 Å². The van der Waals surface area contributed by atoms with E-state index in [1.165, 1.54) is 0 Å². The molecule has 8 nitrogen and oxygen atoms in total. The molecule has 3 heterocycles. The molecule has 0 bridgehead atoms. The standard InChI is InChI=1S/C19H25N5O3/c1-23(2)19-15-6-8-24(17(25)13-27-10-9-26-3)12-16(15)21-18(22-19)14-5-4-7-20-11-14/h4-5,7,11H,6,8-10,12-13H2,1-3H3. The van der Waals surface area contributed by atoms with Gasteiger partial charge in [0.25, 0.3) is 0 Å². The van der Waals surface area contributed by atoms with Crippen LogP contribution in [0, 0.1) is 0 Å². The number of nitrogens with zero attached hydrogens (tertiary/aromatic N) is 5. The molecule has 2 aromatic heterocycles. The smallest absolute Gasteiger partial charge is 0.248 e. The van der Waals surface area contributed by atoms with E-state index in [4.69, 9.17) is 19.4 Å². The molecule has 0 saturated heterocycles. The molecule has 0 atom stereocenters. The van der Waals surface area contributed by atoms with Crippen LogP contribution in [0.1, 0.15) is 11.3 Å². The van der Waals surface area contributed by atoms with Crippen LogP contribution in [0.25, 0.3) is 11.4 Å². The number of rotatable bonds is 7. The van der Waals surface area contributed by atoms with Gasteiger partial charge in [0.15, 0.2) is 5.82 Å². The molecule has 2 aromatic rings. The molecule has 0 unspecified atom stereocenters. The van der Waals surface area contributed by atoms with Crippen molar-refractivity contribution in [2.75, 3.05) is 52.5 Å². The fraction of sp³-hybridized carbons (Fsp3) is 0.474. The summed E-state index contributed by atoms with van der Waals surface area (Å²) in [4.78, 5) is 29.8. The molecule has 0 aliphatic carbocycles. The number of hydrogen-bond acceptors (Lipinski definition) is 7. The van der Waals surface area contributed by atoms with Crippen LogP contribution in [-0.2, 0) is 27.2 Å². The number of carbonyl (C=O) groups is 1. The Morgan fingerprint density at radius 2 is 2.15 bits per heavy atom.